The van der Waals surface area contributed by atoms with Gasteiger partial charge in [-0.1, -0.05) is 30.3 Å². The van der Waals surface area contributed by atoms with E-state index in [0.29, 0.717) is 6.54 Å². The highest BCUT2D eigenvalue weighted by atomic mass is 16.5. The normalized spacial score (nSPS) is 16.5. The van der Waals surface area contributed by atoms with Crippen molar-refractivity contribution < 1.29 is 14.6 Å². The number of piperazine rings is 1. The van der Waals surface area contributed by atoms with Crippen LogP contribution in [0.15, 0.2) is 60.9 Å². The Labute approximate surface area is 184 Å². The van der Waals surface area contributed by atoms with E-state index in [1.54, 1.807) is 13.3 Å². The molecule has 1 atom stereocenters. The number of benzene rings is 2. The molecule has 1 unspecified atom stereocenters. The molecule has 4 rings (SSSR count). The van der Waals surface area contributed by atoms with Gasteiger partial charge in [0.25, 0.3) is 0 Å². The fourth-order valence-electron chi connectivity index (χ4n) is 4.12. The molecule has 2 aromatic carbocycles. The number of β-amino-alcohol motifs (C(OH)–C–C–N with tert-alkyl or cyclic N) is 1. The summed E-state index contributed by atoms with van der Waals surface area (Å²) in [5, 5.41) is 12.7. The maximum absolute atomic E-state index is 10.6. The van der Waals surface area contributed by atoms with Crippen LogP contribution in [0, 0.1) is 0 Å². The van der Waals surface area contributed by atoms with Crippen LogP contribution in [0.1, 0.15) is 0 Å². The highest BCUT2D eigenvalue weighted by Gasteiger charge is 2.19. The molecule has 6 nitrogen and oxygen atoms in total. The van der Waals surface area contributed by atoms with E-state index in [0.717, 1.165) is 67.0 Å². The SMILES string of the molecule is COCCN1CCN(CC(O)COc2ccc(-c3cccnc3)c3ccccc23)CC1. The Hall–Kier alpha value is -2.51. The third-order valence-corrected chi connectivity index (χ3v) is 5.83. The molecule has 2 heterocycles. The Balaban J connectivity index is 1.36. The van der Waals surface area contributed by atoms with Crippen LogP contribution < -0.4 is 4.74 Å². The van der Waals surface area contributed by atoms with Crippen molar-refractivity contribution in [3.05, 3.63) is 60.9 Å². The number of aliphatic hydroxyl groups is 1. The van der Waals surface area contributed by atoms with Crippen molar-refractivity contribution in [1.29, 1.82) is 0 Å². The monoisotopic (exact) mass is 421 g/mol. The molecule has 31 heavy (non-hydrogen) atoms. The minimum Gasteiger partial charge on any atom is -0.490 e. The topological polar surface area (TPSA) is 58.1 Å². The van der Waals surface area contributed by atoms with Gasteiger partial charge in [-0.3, -0.25) is 14.8 Å². The lowest BCUT2D eigenvalue weighted by molar-refractivity contribution is 0.0408. The van der Waals surface area contributed by atoms with E-state index in [1.165, 1.54) is 0 Å². The first-order valence-electron chi connectivity index (χ1n) is 10.9. The van der Waals surface area contributed by atoms with Crippen molar-refractivity contribution in [2.45, 2.75) is 6.10 Å². The molecule has 0 radical (unpaired) electrons. The summed E-state index contributed by atoms with van der Waals surface area (Å²) in [5.41, 5.74) is 2.21. The molecule has 3 aromatic rings. The van der Waals surface area contributed by atoms with Crippen LogP contribution in [0.3, 0.4) is 0 Å². The van der Waals surface area contributed by atoms with E-state index in [-0.39, 0.29) is 6.61 Å². The van der Waals surface area contributed by atoms with Crippen LogP contribution in [0.5, 0.6) is 5.75 Å². The summed E-state index contributed by atoms with van der Waals surface area (Å²) in [5.74, 6) is 0.798. The minimum absolute atomic E-state index is 0.278. The van der Waals surface area contributed by atoms with Crippen molar-refractivity contribution in [3.63, 3.8) is 0 Å². The number of ether oxygens (including phenoxy) is 2. The number of nitrogens with zero attached hydrogens (tertiary/aromatic N) is 3. The molecule has 0 amide bonds. The lowest BCUT2D eigenvalue weighted by Gasteiger charge is -2.35. The molecule has 0 aliphatic carbocycles. The molecule has 1 fully saturated rings. The summed E-state index contributed by atoms with van der Waals surface area (Å²) in [4.78, 5) is 8.95. The number of hydrogen-bond donors (Lipinski definition) is 1. The Morgan fingerprint density at radius 3 is 2.48 bits per heavy atom. The lowest BCUT2D eigenvalue weighted by atomic mass is 9.99. The van der Waals surface area contributed by atoms with Gasteiger partial charge in [-0.25, -0.2) is 0 Å². The molecule has 1 aromatic heterocycles. The van der Waals surface area contributed by atoms with Gasteiger partial charge in [-0.2, -0.15) is 0 Å². The van der Waals surface area contributed by atoms with Gasteiger partial charge in [-0.05, 0) is 29.1 Å². The van der Waals surface area contributed by atoms with Gasteiger partial charge in [0.15, 0.2) is 0 Å². The predicted octanol–water partition coefficient (Wildman–Crippen LogP) is 2.91. The number of pyridine rings is 1. The first kappa shape index (κ1) is 21.7. The average molecular weight is 422 g/mol. The van der Waals surface area contributed by atoms with E-state index in [2.05, 4.69) is 39.0 Å². The number of rotatable bonds is 9. The lowest BCUT2D eigenvalue weighted by Crippen LogP contribution is -2.49. The molecule has 1 aliphatic heterocycles. The van der Waals surface area contributed by atoms with Crippen LogP contribution >= 0.6 is 0 Å². The van der Waals surface area contributed by atoms with E-state index in [9.17, 15) is 5.11 Å². The first-order valence-corrected chi connectivity index (χ1v) is 10.9. The zero-order chi connectivity index (χ0) is 21.5. The maximum Gasteiger partial charge on any atom is 0.127 e. The molecule has 6 heteroatoms. The third-order valence-electron chi connectivity index (χ3n) is 5.83. The van der Waals surface area contributed by atoms with Gasteiger partial charge in [0.1, 0.15) is 18.5 Å². The highest BCUT2D eigenvalue weighted by molar-refractivity contribution is 5.99. The van der Waals surface area contributed by atoms with Crippen molar-refractivity contribution >= 4 is 10.8 Å². The van der Waals surface area contributed by atoms with Crippen LogP contribution in [0.25, 0.3) is 21.9 Å². The number of fused-ring (bicyclic) bond motifs is 1. The number of methoxy groups -OCH3 is 1. The second-order valence-corrected chi connectivity index (χ2v) is 8.00. The van der Waals surface area contributed by atoms with Crippen LogP contribution in [-0.4, -0.2) is 85.6 Å². The largest absolute Gasteiger partial charge is 0.490 e. The fraction of sp³-hybridized carbons (Fsp3) is 0.400. The summed E-state index contributed by atoms with van der Waals surface area (Å²) in [7, 11) is 1.74. The second kappa shape index (κ2) is 10.7. The minimum atomic E-state index is -0.526. The molecule has 1 saturated heterocycles. The third kappa shape index (κ3) is 5.60. The zero-order valence-corrected chi connectivity index (χ0v) is 18.1. The van der Waals surface area contributed by atoms with Crippen LogP contribution in [0.2, 0.25) is 0 Å². The Morgan fingerprint density at radius 2 is 1.74 bits per heavy atom. The molecule has 0 spiro atoms. The van der Waals surface area contributed by atoms with Crippen molar-refractivity contribution in [2.75, 3.05) is 59.6 Å². The standard InChI is InChI=1S/C25H31N3O3/c1-30-16-15-27-11-13-28(14-12-27)18-21(29)19-31-25-9-8-22(20-5-4-10-26-17-20)23-6-2-3-7-24(23)25/h2-10,17,21,29H,11-16,18-19H2,1H3. The zero-order valence-electron chi connectivity index (χ0n) is 18.1. The molecular formula is C25H31N3O3. The first-order chi connectivity index (χ1) is 15.2. The molecule has 0 saturated carbocycles. The van der Waals surface area contributed by atoms with E-state index in [1.807, 2.05) is 30.5 Å². The van der Waals surface area contributed by atoms with Crippen molar-refractivity contribution in [2.24, 2.45) is 0 Å². The van der Waals surface area contributed by atoms with E-state index >= 15 is 0 Å². The van der Waals surface area contributed by atoms with Gasteiger partial charge < -0.3 is 14.6 Å². The van der Waals surface area contributed by atoms with E-state index in [4.69, 9.17) is 9.47 Å². The summed E-state index contributed by atoms with van der Waals surface area (Å²) >= 11 is 0. The summed E-state index contributed by atoms with van der Waals surface area (Å²) in [6.45, 7) is 6.59. The van der Waals surface area contributed by atoms with Gasteiger partial charge in [0.05, 0.1) is 6.61 Å². The molecule has 1 N–H and O–H groups in total. The number of aliphatic hydroxyl groups excluding tert-OH is 1. The fourth-order valence-corrected chi connectivity index (χ4v) is 4.12. The van der Waals surface area contributed by atoms with Gasteiger partial charge in [-0.15, -0.1) is 0 Å². The van der Waals surface area contributed by atoms with Gasteiger partial charge in [0, 0.05) is 69.7 Å². The molecule has 0 bridgehead atoms. The van der Waals surface area contributed by atoms with Crippen molar-refractivity contribution in [3.8, 4) is 16.9 Å². The summed E-state index contributed by atoms with van der Waals surface area (Å²) in [6, 6.07) is 16.3. The Bertz CT molecular complexity index is 959. The molecular weight excluding hydrogens is 390 g/mol. The predicted molar refractivity (Wildman–Crippen MR) is 123 cm³/mol. The van der Waals surface area contributed by atoms with Gasteiger partial charge >= 0.3 is 0 Å². The maximum atomic E-state index is 10.6. The van der Waals surface area contributed by atoms with Gasteiger partial charge in [0.2, 0.25) is 0 Å². The molecule has 164 valence electrons. The van der Waals surface area contributed by atoms with Crippen LogP contribution in [-0.2, 0) is 4.74 Å². The quantitative estimate of drug-likeness (QED) is 0.573. The smallest absolute Gasteiger partial charge is 0.127 e. The number of aromatic nitrogens is 1. The number of hydrogen-bond acceptors (Lipinski definition) is 6. The average Bonchev–Trinajstić information content (AvgIpc) is 2.82. The second-order valence-electron chi connectivity index (χ2n) is 8.00. The van der Waals surface area contributed by atoms with E-state index < -0.39 is 6.10 Å². The summed E-state index contributed by atoms with van der Waals surface area (Å²) < 4.78 is 11.2. The van der Waals surface area contributed by atoms with Crippen molar-refractivity contribution in [1.82, 2.24) is 14.8 Å². The highest BCUT2D eigenvalue weighted by Crippen LogP contribution is 2.34. The Morgan fingerprint density at radius 1 is 0.968 bits per heavy atom. The molecule has 1 aliphatic rings. The Kier molecular flexibility index (Phi) is 7.48. The van der Waals surface area contributed by atoms with Crippen LogP contribution in [0.4, 0.5) is 0 Å². The summed E-state index contributed by atoms with van der Waals surface area (Å²) in [6.07, 6.45) is 3.13.